The van der Waals surface area contributed by atoms with Crippen molar-refractivity contribution in [3.63, 3.8) is 0 Å². The van der Waals surface area contributed by atoms with Gasteiger partial charge in [-0.2, -0.15) is 0 Å². The topological polar surface area (TPSA) is 104 Å². The summed E-state index contributed by atoms with van der Waals surface area (Å²) < 4.78 is 26.7. The Bertz CT molecular complexity index is 667. The molecular formula is C13H11F2NO5. The number of aliphatic carboxylic acids is 1. The van der Waals surface area contributed by atoms with Crippen molar-refractivity contribution in [3.05, 3.63) is 40.5 Å². The van der Waals surface area contributed by atoms with Crippen LogP contribution in [0.3, 0.4) is 0 Å². The zero-order valence-electron chi connectivity index (χ0n) is 11.0. The maximum absolute atomic E-state index is 13.5. The van der Waals surface area contributed by atoms with Crippen LogP contribution in [0.15, 0.2) is 23.3 Å². The number of benzene rings is 1. The van der Waals surface area contributed by atoms with Gasteiger partial charge in [-0.15, -0.1) is 0 Å². The van der Waals surface area contributed by atoms with E-state index < -0.39 is 40.7 Å². The van der Waals surface area contributed by atoms with Crippen LogP contribution >= 0.6 is 0 Å². The number of nitrogens with one attached hydrogen (secondary N) is 1. The molecule has 1 aromatic carbocycles. The Balaban J connectivity index is 3.17. The lowest BCUT2D eigenvalue weighted by atomic mass is 10.1. The summed E-state index contributed by atoms with van der Waals surface area (Å²) in [5.41, 5.74) is -1.82. The van der Waals surface area contributed by atoms with E-state index in [1.54, 1.807) is 0 Å². The first-order chi connectivity index (χ1) is 9.65. The highest BCUT2D eigenvalue weighted by Crippen LogP contribution is 2.20. The molecule has 21 heavy (non-hydrogen) atoms. The van der Waals surface area contributed by atoms with Gasteiger partial charge in [-0.1, -0.05) is 0 Å². The monoisotopic (exact) mass is 299 g/mol. The normalized spacial score (nSPS) is 11.6. The second kappa shape index (κ2) is 6.12. The average Bonchev–Trinajstić information content (AvgIpc) is 2.39. The highest BCUT2D eigenvalue weighted by atomic mass is 19.1. The number of halogens is 2. The van der Waals surface area contributed by atoms with E-state index in [0.717, 1.165) is 0 Å². The minimum Gasteiger partial charge on any atom is -0.478 e. The molecule has 0 aliphatic heterocycles. The predicted octanol–water partition coefficient (Wildman–Crippen LogP) is 2.02. The molecule has 1 rings (SSSR count). The summed E-state index contributed by atoms with van der Waals surface area (Å²) >= 11 is 0. The molecule has 0 fully saturated rings. The third kappa shape index (κ3) is 3.62. The van der Waals surface area contributed by atoms with Crippen LogP contribution in [0.4, 0.5) is 14.5 Å². The number of carboxylic acid groups (broad SMARTS) is 2. The lowest BCUT2D eigenvalue weighted by Gasteiger charge is -2.09. The summed E-state index contributed by atoms with van der Waals surface area (Å²) in [5.74, 6) is -6.35. The van der Waals surface area contributed by atoms with Crippen molar-refractivity contribution in [2.24, 2.45) is 0 Å². The third-order valence-corrected chi connectivity index (χ3v) is 2.76. The van der Waals surface area contributed by atoms with E-state index in [1.807, 2.05) is 5.32 Å². The van der Waals surface area contributed by atoms with Crippen LogP contribution < -0.4 is 5.32 Å². The zero-order chi connectivity index (χ0) is 16.3. The average molecular weight is 299 g/mol. The van der Waals surface area contributed by atoms with E-state index in [9.17, 15) is 23.2 Å². The molecule has 0 aliphatic rings. The molecule has 0 atom stereocenters. The number of carbonyl (C=O) groups is 3. The minimum atomic E-state index is -1.63. The molecule has 0 bridgehead atoms. The maximum Gasteiger partial charge on any atom is 0.338 e. The Kier molecular flexibility index (Phi) is 4.75. The third-order valence-electron chi connectivity index (χ3n) is 2.76. The van der Waals surface area contributed by atoms with E-state index in [-0.39, 0.29) is 11.1 Å². The standard InChI is InChI=1S/C13H11F2NO5/c1-5(6(2)12(18)19)11(17)16-10-3-7(13(20)21)8(14)4-9(10)15/h3-4H,1-2H3,(H,16,17)(H,18,19)(H,20,21). The Morgan fingerprint density at radius 2 is 1.57 bits per heavy atom. The molecule has 0 saturated heterocycles. The summed E-state index contributed by atoms with van der Waals surface area (Å²) in [6.07, 6.45) is 0. The molecule has 0 spiro atoms. The first-order valence-corrected chi connectivity index (χ1v) is 5.59. The van der Waals surface area contributed by atoms with Gasteiger partial charge in [0.25, 0.3) is 5.91 Å². The molecule has 0 heterocycles. The SMILES string of the molecule is CC(C(=O)O)=C(C)C(=O)Nc1cc(C(=O)O)c(F)cc1F. The van der Waals surface area contributed by atoms with Crippen molar-refractivity contribution in [1.29, 1.82) is 0 Å². The summed E-state index contributed by atoms with van der Waals surface area (Å²) in [6, 6.07) is 0.941. The summed E-state index contributed by atoms with van der Waals surface area (Å²) in [7, 11) is 0. The van der Waals surface area contributed by atoms with Crippen LogP contribution in [0.5, 0.6) is 0 Å². The Morgan fingerprint density at radius 1 is 1.00 bits per heavy atom. The fraction of sp³-hybridized carbons (Fsp3) is 0.154. The van der Waals surface area contributed by atoms with E-state index in [0.29, 0.717) is 12.1 Å². The Hall–Kier alpha value is -2.77. The number of hydrogen-bond acceptors (Lipinski definition) is 3. The van der Waals surface area contributed by atoms with Gasteiger partial charge in [-0.25, -0.2) is 18.4 Å². The van der Waals surface area contributed by atoms with Crippen molar-refractivity contribution in [2.45, 2.75) is 13.8 Å². The van der Waals surface area contributed by atoms with Crippen LogP contribution in [0.2, 0.25) is 0 Å². The van der Waals surface area contributed by atoms with Gasteiger partial charge in [-0.3, -0.25) is 4.79 Å². The molecule has 0 radical (unpaired) electrons. The molecule has 1 amide bonds. The molecule has 0 saturated carbocycles. The van der Waals surface area contributed by atoms with Crippen LogP contribution in [0.25, 0.3) is 0 Å². The summed E-state index contributed by atoms with van der Waals surface area (Å²) in [5, 5.41) is 19.5. The molecule has 0 unspecified atom stereocenters. The van der Waals surface area contributed by atoms with Gasteiger partial charge >= 0.3 is 11.9 Å². The molecular weight excluding hydrogens is 288 g/mol. The maximum atomic E-state index is 13.5. The number of amides is 1. The van der Waals surface area contributed by atoms with Crippen LogP contribution in [-0.2, 0) is 9.59 Å². The first-order valence-electron chi connectivity index (χ1n) is 5.59. The molecule has 0 aliphatic carbocycles. The molecule has 6 nitrogen and oxygen atoms in total. The highest BCUT2D eigenvalue weighted by Gasteiger charge is 2.18. The first kappa shape index (κ1) is 16.3. The van der Waals surface area contributed by atoms with E-state index in [1.165, 1.54) is 13.8 Å². The van der Waals surface area contributed by atoms with Crippen LogP contribution in [0.1, 0.15) is 24.2 Å². The van der Waals surface area contributed by atoms with Crippen molar-refractivity contribution < 1.29 is 33.4 Å². The molecule has 3 N–H and O–H groups in total. The molecule has 112 valence electrons. The Labute approximate surface area is 117 Å². The second-order valence-corrected chi connectivity index (χ2v) is 4.13. The highest BCUT2D eigenvalue weighted by molar-refractivity contribution is 6.08. The lowest BCUT2D eigenvalue weighted by molar-refractivity contribution is -0.133. The minimum absolute atomic E-state index is 0.192. The van der Waals surface area contributed by atoms with E-state index >= 15 is 0 Å². The summed E-state index contributed by atoms with van der Waals surface area (Å²) in [6.45, 7) is 2.39. The number of hydrogen-bond donors (Lipinski definition) is 3. The molecule has 0 aromatic heterocycles. The van der Waals surface area contributed by atoms with Gasteiger partial charge < -0.3 is 15.5 Å². The van der Waals surface area contributed by atoms with Crippen LogP contribution in [-0.4, -0.2) is 28.1 Å². The van der Waals surface area contributed by atoms with E-state index in [4.69, 9.17) is 10.2 Å². The number of carboxylic acids is 2. The molecule has 1 aromatic rings. The smallest absolute Gasteiger partial charge is 0.338 e. The molecule has 8 heteroatoms. The van der Waals surface area contributed by atoms with Gasteiger partial charge in [0, 0.05) is 17.2 Å². The fourth-order valence-corrected chi connectivity index (χ4v) is 1.36. The quantitative estimate of drug-likeness (QED) is 0.738. The second-order valence-electron chi connectivity index (χ2n) is 4.13. The van der Waals surface area contributed by atoms with Gasteiger partial charge in [0.1, 0.15) is 11.6 Å². The van der Waals surface area contributed by atoms with E-state index in [2.05, 4.69) is 0 Å². The lowest BCUT2D eigenvalue weighted by Crippen LogP contribution is -2.17. The van der Waals surface area contributed by atoms with Gasteiger partial charge in [-0.05, 0) is 19.9 Å². The van der Waals surface area contributed by atoms with Crippen molar-refractivity contribution in [2.75, 3.05) is 5.32 Å². The Morgan fingerprint density at radius 3 is 2.05 bits per heavy atom. The number of carbonyl (C=O) groups excluding carboxylic acids is 1. The van der Waals surface area contributed by atoms with Crippen molar-refractivity contribution >= 4 is 23.5 Å². The summed E-state index contributed by atoms with van der Waals surface area (Å²) in [4.78, 5) is 33.2. The number of anilines is 1. The van der Waals surface area contributed by atoms with Gasteiger partial charge in [0.05, 0.1) is 11.3 Å². The number of rotatable bonds is 4. The predicted molar refractivity (Wildman–Crippen MR) is 68.0 cm³/mol. The zero-order valence-corrected chi connectivity index (χ0v) is 11.0. The largest absolute Gasteiger partial charge is 0.478 e. The van der Waals surface area contributed by atoms with Gasteiger partial charge in [0.2, 0.25) is 0 Å². The fourth-order valence-electron chi connectivity index (χ4n) is 1.36. The van der Waals surface area contributed by atoms with Gasteiger partial charge in [0.15, 0.2) is 0 Å². The van der Waals surface area contributed by atoms with Crippen molar-refractivity contribution in [1.82, 2.24) is 0 Å². The van der Waals surface area contributed by atoms with Crippen LogP contribution in [0, 0.1) is 11.6 Å². The number of aromatic carboxylic acids is 1. The van der Waals surface area contributed by atoms with Crippen molar-refractivity contribution in [3.8, 4) is 0 Å².